The van der Waals surface area contributed by atoms with E-state index in [9.17, 15) is 0 Å². The molecule has 0 bridgehead atoms. The van der Waals surface area contributed by atoms with Gasteiger partial charge in [0.15, 0.2) is 0 Å². The molecule has 1 saturated heterocycles. The van der Waals surface area contributed by atoms with E-state index in [1.165, 1.54) is 64.2 Å². The Morgan fingerprint density at radius 2 is 1.89 bits per heavy atom. The van der Waals surface area contributed by atoms with Crippen molar-refractivity contribution in [3.8, 4) is 0 Å². The SMILES string of the molecule is C=C[C@@H]1OCCCC1C1CCC(CCCCC)CC1. The van der Waals surface area contributed by atoms with Gasteiger partial charge in [0.05, 0.1) is 6.10 Å². The summed E-state index contributed by atoms with van der Waals surface area (Å²) in [5.74, 6) is 2.70. The van der Waals surface area contributed by atoms with Crippen LogP contribution < -0.4 is 0 Å². The Labute approximate surface area is 119 Å². The molecular weight excluding hydrogens is 232 g/mol. The van der Waals surface area contributed by atoms with Crippen LogP contribution in [0, 0.1) is 17.8 Å². The van der Waals surface area contributed by atoms with Crippen molar-refractivity contribution >= 4 is 0 Å². The van der Waals surface area contributed by atoms with Crippen molar-refractivity contribution in [1.29, 1.82) is 0 Å². The molecule has 2 rings (SSSR count). The minimum absolute atomic E-state index is 0.343. The zero-order valence-corrected chi connectivity index (χ0v) is 12.8. The summed E-state index contributed by atoms with van der Waals surface area (Å²) in [6, 6.07) is 0. The molecule has 0 aromatic heterocycles. The van der Waals surface area contributed by atoms with Gasteiger partial charge in [0.25, 0.3) is 0 Å². The molecule has 1 aliphatic heterocycles. The quantitative estimate of drug-likeness (QED) is 0.464. The lowest BCUT2D eigenvalue weighted by Gasteiger charge is -2.39. The van der Waals surface area contributed by atoms with Gasteiger partial charge in [-0.2, -0.15) is 0 Å². The van der Waals surface area contributed by atoms with Gasteiger partial charge in [0.2, 0.25) is 0 Å². The van der Waals surface area contributed by atoms with Gasteiger partial charge in [-0.25, -0.2) is 0 Å². The monoisotopic (exact) mass is 264 g/mol. The molecular formula is C18H32O. The third-order valence-electron chi connectivity index (χ3n) is 5.36. The summed E-state index contributed by atoms with van der Waals surface area (Å²) >= 11 is 0. The van der Waals surface area contributed by atoms with Crippen LogP contribution in [-0.2, 0) is 4.74 Å². The van der Waals surface area contributed by atoms with Crippen LogP contribution in [0.3, 0.4) is 0 Å². The van der Waals surface area contributed by atoms with E-state index in [0.717, 1.165) is 24.4 Å². The zero-order chi connectivity index (χ0) is 13.5. The van der Waals surface area contributed by atoms with Crippen molar-refractivity contribution in [1.82, 2.24) is 0 Å². The lowest BCUT2D eigenvalue weighted by Crippen LogP contribution is -2.35. The Balaban J connectivity index is 1.74. The van der Waals surface area contributed by atoms with E-state index in [4.69, 9.17) is 4.74 Å². The highest BCUT2D eigenvalue weighted by atomic mass is 16.5. The van der Waals surface area contributed by atoms with Crippen LogP contribution in [-0.4, -0.2) is 12.7 Å². The predicted octanol–water partition coefficient (Wildman–Crippen LogP) is 5.35. The van der Waals surface area contributed by atoms with Gasteiger partial charge in [-0.05, 0) is 43.4 Å². The van der Waals surface area contributed by atoms with Crippen molar-refractivity contribution in [3.63, 3.8) is 0 Å². The van der Waals surface area contributed by atoms with Crippen molar-refractivity contribution in [2.24, 2.45) is 17.8 Å². The first-order chi connectivity index (χ1) is 9.35. The largest absolute Gasteiger partial charge is 0.374 e. The van der Waals surface area contributed by atoms with E-state index in [1.54, 1.807) is 0 Å². The van der Waals surface area contributed by atoms with Gasteiger partial charge in [0.1, 0.15) is 0 Å². The van der Waals surface area contributed by atoms with Gasteiger partial charge >= 0.3 is 0 Å². The molecule has 1 unspecified atom stereocenters. The van der Waals surface area contributed by atoms with Gasteiger partial charge in [-0.1, -0.05) is 51.5 Å². The molecule has 0 aromatic carbocycles. The number of ether oxygens (including phenoxy) is 1. The van der Waals surface area contributed by atoms with Gasteiger partial charge in [-0.15, -0.1) is 6.58 Å². The highest BCUT2D eigenvalue weighted by molar-refractivity contribution is 4.92. The second-order valence-electron chi connectivity index (χ2n) is 6.65. The van der Waals surface area contributed by atoms with Gasteiger partial charge in [0, 0.05) is 6.61 Å². The van der Waals surface area contributed by atoms with Crippen LogP contribution in [0.5, 0.6) is 0 Å². The van der Waals surface area contributed by atoms with Crippen molar-refractivity contribution in [3.05, 3.63) is 12.7 Å². The molecule has 0 spiro atoms. The Kier molecular flexibility index (Phi) is 6.43. The van der Waals surface area contributed by atoms with Crippen LogP contribution in [0.2, 0.25) is 0 Å². The molecule has 2 aliphatic rings. The number of hydrogen-bond donors (Lipinski definition) is 0. The molecule has 0 amide bonds. The Hall–Kier alpha value is -0.300. The second-order valence-corrected chi connectivity index (χ2v) is 6.65. The first kappa shape index (κ1) is 15.1. The van der Waals surface area contributed by atoms with Crippen molar-refractivity contribution < 1.29 is 4.74 Å². The van der Waals surface area contributed by atoms with E-state index in [-0.39, 0.29) is 0 Å². The van der Waals surface area contributed by atoms with Crippen LogP contribution in [0.15, 0.2) is 12.7 Å². The van der Waals surface area contributed by atoms with Crippen LogP contribution in [0.4, 0.5) is 0 Å². The lowest BCUT2D eigenvalue weighted by molar-refractivity contribution is -0.0274. The molecule has 1 aliphatic carbocycles. The summed E-state index contributed by atoms with van der Waals surface area (Å²) in [6.45, 7) is 7.21. The van der Waals surface area contributed by atoms with Gasteiger partial charge in [-0.3, -0.25) is 0 Å². The van der Waals surface area contributed by atoms with Gasteiger partial charge < -0.3 is 4.74 Å². The highest BCUT2D eigenvalue weighted by Crippen LogP contribution is 2.40. The summed E-state index contributed by atoms with van der Waals surface area (Å²) in [5, 5.41) is 0. The second kappa shape index (κ2) is 8.09. The van der Waals surface area contributed by atoms with E-state index >= 15 is 0 Å². The molecule has 0 N–H and O–H groups in total. The van der Waals surface area contributed by atoms with Crippen LogP contribution in [0.25, 0.3) is 0 Å². The van der Waals surface area contributed by atoms with Crippen molar-refractivity contribution in [2.75, 3.05) is 6.61 Å². The molecule has 1 saturated carbocycles. The third kappa shape index (κ3) is 4.34. The Morgan fingerprint density at radius 1 is 1.11 bits per heavy atom. The van der Waals surface area contributed by atoms with E-state index in [2.05, 4.69) is 19.6 Å². The summed E-state index contributed by atoms with van der Waals surface area (Å²) in [5.41, 5.74) is 0. The first-order valence-corrected chi connectivity index (χ1v) is 8.59. The average molecular weight is 264 g/mol. The fraction of sp³-hybridized carbons (Fsp3) is 0.889. The lowest BCUT2D eigenvalue weighted by atomic mass is 9.71. The Bertz CT molecular complexity index is 252. The molecule has 110 valence electrons. The smallest absolute Gasteiger partial charge is 0.0783 e. The summed E-state index contributed by atoms with van der Waals surface area (Å²) in [6.07, 6.45) is 16.5. The number of hydrogen-bond acceptors (Lipinski definition) is 1. The molecule has 2 atom stereocenters. The molecule has 0 aromatic rings. The van der Waals surface area contributed by atoms with E-state index in [0.29, 0.717) is 6.10 Å². The minimum atomic E-state index is 0.343. The molecule has 1 nitrogen and oxygen atoms in total. The number of rotatable bonds is 6. The minimum Gasteiger partial charge on any atom is -0.374 e. The molecule has 19 heavy (non-hydrogen) atoms. The normalized spacial score (nSPS) is 36.1. The third-order valence-corrected chi connectivity index (χ3v) is 5.36. The number of unbranched alkanes of at least 4 members (excludes halogenated alkanes) is 2. The maximum Gasteiger partial charge on any atom is 0.0783 e. The maximum absolute atomic E-state index is 5.88. The van der Waals surface area contributed by atoms with E-state index in [1.807, 2.05) is 0 Å². The molecule has 1 heterocycles. The average Bonchev–Trinajstić information content (AvgIpc) is 2.48. The van der Waals surface area contributed by atoms with Crippen LogP contribution in [0.1, 0.15) is 71.1 Å². The molecule has 0 radical (unpaired) electrons. The zero-order valence-electron chi connectivity index (χ0n) is 12.8. The molecule has 1 heteroatoms. The predicted molar refractivity (Wildman–Crippen MR) is 82.3 cm³/mol. The van der Waals surface area contributed by atoms with E-state index < -0.39 is 0 Å². The summed E-state index contributed by atoms with van der Waals surface area (Å²) < 4.78 is 5.88. The summed E-state index contributed by atoms with van der Waals surface area (Å²) in [4.78, 5) is 0. The summed E-state index contributed by atoms with van der Waals surface area (Å²) in [7, 11) is 0. The fourth-order valence-corrected chi connectivity index (χ4v) is 4.16. The topological polar surface area (TPSA) is 9.23 Å². The maximum atomic E-state index is 5.88. The van der Waals surface area contributed by atoms with Crippen molar-refractivity contribution in [2.45, 2.75) is 77.2 Å². The Morgan fingerprint density at radius 3 is 2.58 bits per heavy atom. The fourth-order valence-electron chi connectivity index (χ4n) is 4.16. The molecule has 2 fully saturated rings. The highest BCUT2D eigenvalue weighted by Gasteiger charge is 2.33. The first-order valence-electron chi connectivity index (χ1n) is 8.59. The standard InChI is InChI=1S/C18H32O/c1-3-5-6-8-15-10-12-16(13-11-15)17-9-7-14-19-18(17)4-2/h4,15-18H,2-3,5-14H2,1H3/t15?,16?,17?,18-/m0/s1. The van der Waals surface area contributed by atoms with Crippen LogP contribution >= 0.6 is 0 Å².